The van der Waals surface area contributed by atoms with Crippen LogP contribution < -0.4 is 5.32 Å². The lowest BCUT2D eigenvalue weighted by atomic mass is 9.85. The van der Waals surface area contributed by atoms with Crippen molar-refractivity contribution in [3.8, 4) is 0 Å². The molecular formula is C15H21BrN2OS. The number of Topliss-reactive ketones (excluding diaryl/α,β-unsaturated/α-hetero) is 1. The summed E-state index contributed by atoms with van der Waals surface area (Å²) in [6.07, 6.45) is 0. The van der Waals surface area contributed by atoms with Crippen LogP contribution in [-0.2, 0) is 0 Å². The fourth-order valence-corrected chi connectivity index (χ4v) is 2.81. The summed E-state index contributed by atoms with van der Waals surface area (Å²) in [6.45, 7) is 8.46. The summed E-state index contributed by atoms with van der Waals surface area (Å²) < 4.78 is 0. The molecule has 0 aromatic heterocycles. The molecule has 0 spiro atoms. The van der Waals surface area contributed by atoms with Gasteiger partial charge in [-0.1, -0.05) is 42.1 Å². The third-order valence-corrected chi connectivity index (χ3v) is 4.64. The maximum atomic E-state index is 12.0. The van der Waals surface area contributed by atoms with Gasteiger partial charge in [-0.15, -0.1) is 17.0 Å². The average Bonchev–Trinajstić information content (AvgIpc) is 2.56. The molecule has 5 heteroatoms. The third kappa shape index (κ3) is 3.64. The Bertz CT molecular complexity index is 512. The zero-order valence-electron chi connectivity index (χ0n) is 12.3. The van der Waals surface area contributed by atoms with E-state index >= 15 is 0 Å². The van der Waals surface area contributed by atoms with Crippen molar-refractivity contribution in [2.75, 3.05) is 5.75 Å². The highest BCUT2D eigenvalue weighted by molar-refractivity contribution is 8.93. The minimum Gasteiger partial charge on any atom is -0.358 e. The van der Waals surface area contributed by atoms with Crippen molar-refractivity contribution in [3.63, 3.8) is 0 Å². The number of hydrogen-bond acceptors (Lipinski definition) is 4. The van der Waals surface area contributed by atoms with Crippen LogP contribution in [0.1, 0.15) is 38.1 Å². The van der Waals surface area contributed by atoms with Crippen LogP contribution in [0.25, 0.3) is 0 Å². The van der Waals surface area contributed by atoms with E-state index < -0.39 is 0 Å². The first kappa shape index (κ1) is 17.2. The van der Waals surface area contributed by atoms with Crippen molar-refractivity contribution < 1.29 is 4.79 Å². The van der Waals surface area contributed by atoms with Crippen LogP contribution in [0.2, 0.25) is 0 Å². The fraction of sp³-hybridized carbons (Fsp3) is 0.467. The predicted octanol–water partition coefficient (Wildman–Crippen LogP) is 3.70. The molecule has 110 valence electrons. The van der Waals surface area contributed by atoms with Crippen molar-refractivity contribution >= 4 is 39.7 Å². The number of carbonyl (C=O) groups is 1. The average molecular weight is 357 g/mol. The Morgan fingerprint density at radius 2 is 1.80 bits per heavy atom. The van der Waals surface area contributed by atoms with E-state index in [0.29, 0.717) is 5.75 Å². The smallest absolute Gasteiger partial charge is 0.173 e. The molecule has 3 nitrogen and oxygen atoms in total. The number of ketones is 1. The van der Waals surface area contributed by atoms with E-state index in [1.54, 1.807) is 0 Å². The molecule has 2 rings (SSSR count). The molecule has 0 atom stereocenters. The lowest BCUT2D eigenvalue weighted by molar-refractivity contribution is 0.102. The standard InChI is InChI=1S/C15H20N2OS.BrH/c1-14(2)15(3,4)17-13(16-14)19-10-12(18)11-8-6-5-7-9-11;/h5-9H,10H2,1-4H3,(H,16,17);1H. The second-order valence-corrected chi connectivity index (χ2v) is 6.77. The van der Waals surface area contributed by atoms with Crippen molar-refractivity contribution in [1.82, 2.24) is 5.32 Å². The molecule has 0 aliphatic carbocycles. The molecule has 20 heavy (non-hydrogen) atoms. The van der Waals surface area contributed by atoms with Crippen LogP contribution in [0.5, 0.6) is 0 Å². The maximum Gasteiger partial charge on any atom is 0.173 e. The first-order valence-corrected chi connectivity index (χ1v) is 7.39. The number of amidine groups is 1. The topological polar surface area (TPSA) is 41.5 Å². The van der Waals surface area contributed by atoms with Gasteiger partial charge in [0.25, 0.3) is 0 Å². The van der Waals surface area contributed by atoms with E-state index in [9.17, 15) is 4.79 Å². The highest BCUT2D eigenvalue weighted by Gasteiger charge is 2.42. The molecule has 0 bridgehead atoms. The molecule has 0 amide bonds. The molecule has 1 N–H and O–H groups in total. The summed E-state index contributed by atoms with van der Waals surface area (Å²) in [6, 6.07) is 9.38. The molecule has 1 aromatic carbocycles. The number of nitrogens with one attached hydrogen (secondary N) is 1. The van der Waals surface area contributed by atoms with Crippen molar-refractivity contribution in [2.24, 2.45) is 4.99 Å². The Morgan fingerprint density at radius 3 is 2.30 bits per heavy atom. The van der Waals surface area contributed by atoms with Gasteiger partial charge in [-0.3, -0.25) is 9.79 Å². The predicted molar refractivity (Wildman–Crippen MR) is 92.3 cm³/mol. The summed E-state index contributed by atoms with van der Waals surface area (Å²) in [5, 5.41) is 4.25. The minimum absolute atomic E-state index is 0. The van der Waals surface area contributed by atoms with E-state index in [-0.39, 0.29) is 33.8 Å². The Labute approximate surface area is 135 Å². The van der Waals surface area contributed by atoms with Gasteiger partial charge in [-0.05, 0) is 27.7 Å². The van der Waals surface area contributed by atoms with Crippen LogP contribution >= 0.6 is 28.7 Å². The third-order valence-electron chi connectivity index (χ3n) is 3.77. The number of benzene rings is 1. The van der Waals surface area contributed by atoms with Gasteiger partial charge in [0.05, 0.1) is 16.8 Å². The van der Waals surface area contributed by atoms with Crippen LogP contribution in [0, 0.1) is 0 Å². The lowest BCUT2D eigenvalue weighted by Crippen LogP contribution is -2.49. The van der Waals surface area contributed by atoms with E-state index in [1.807, 2.05) is 30.3 Å². The maximum absolute atomic E-state index is 12.0. The van der Waals surface area contributed by atoms with Crippen molar-refractivity contribution in [2.45, 2.75) is 38.8 Å². The number of halogens is 1. The highest BCUT2D eigenvalue weighted by Crippen LogP contribution is 2.32. The Kier molecular flexibility index (Phi) is 5.44. The number of hydrogen-bond donors (Lipinski definition) is 1. The van der Waals surface area contributed by atoms with Gasteiger partial charge in [0.2, 0.25) is 0 Å². The molecule has 1 aliphatic heterocycles. The molecule has 1 aromatic rings. The summed E-state index contributed by atoms with van der Waals surface area (Å²) in [5.41, 5.74) is 0.531. The van der Waals surface area contributed by atoms with E-state index in [0.717, 1.165) is 10.7 Å². The monoisotopic (exact) mass is 356 g/mol. The lowest BCUT2D eigenvalue weighted by Gasteiger charge is -2.32. The molecule has 1 aliphatic rings. The van der Waals surface area contributed by atoms with Crippen LogP contribution in [-0.4, -0.2) is 27.8 Å². The van der Waals surface area contributed by atoms with E-state index in [4.69, 9.17) is 0 Å². The van der Waals surface area contributed by atoms with E-state index in [2.05, 4.69) is 38.0 Å². The Hall–Kier alpha value is -0.810. The van der Waals surface area contributed by atoms with Crippen molar-refractivity contribution in [3.05, 3.63) is 35.9 Å². The number of rotatable bonds is 3. The molecule has 1 heterocycles. The normalized spacial score (nSPS) is 18.7. The molecule has 0 radical (unpaired) electrons. The molecule has 0 saturated heterocycles. The largest absolute Gasteiger partial charge is 0.358 e. The SMILES string of the molecule is Br.CC1(C)N=C(SCC(=O)c2ccccc2)NC1(C)C. The van der Waals surface area contributed by atoms with Crippen LogP contribution in [0.4, 0.5) is 0 Å². The number of nitrogens with zero attached hydrogens (tertiary/aromatic N) is 1. The van der Waals surface area contributed by atoms with Gasteiger partial charge in [-0.25, -0.2) is 0 Å². The van der Waals surface area contributed by atoms with Crippen LogP contribution in [0.3, 0.4) is 0 Å². The summed E-state index contributed by atoms with van der Waals surface area (Å²) in [5.74, 6) is 0.555. The summed E-state index contributed by atoms with van der Waals surface area (Å²) in [4.78, 5) is 16.7. The van der Waals surface area contributed by atoms with Gasteiger partial charge in [-0.2, -0.15) is 0 Å². The highest BCUT2D eigenvalue weighted by atomic mass is 79.9. The Morgan fingerprint density at radius 1 is 1.20 bits per heavy atom. The van der Waals surface area contributed by atoms with E-state index in [1.165, 1.54) is 11.8 Å². The zero-order valence-corrected chi connectivity index (χ0v) is 14.8. The first-order valence-electron chi connectivity index (χ1n) is 6.41. The van der Waals surface area contributed by atoms with Gasteiger partial charge in [0, 0.05) is 5.56 Å². The number of thioether (sulfide) groups is 1. The van der Waals surface area contributed by atoms with Crippen molar-refractivity contribution in [1.29, 1.82) is 0 Å². The second kappa shape index (κ2) is 6.31. The summed E-state index contributed by atoms with van der Waals surface area (Å²) >= 11 is 1.48. The summed E-state index contributed by atoms with van der Waals surface area (Å²) in [7, 11) is 0. The number of carbonyl (C=O) groups excluding carboxylic acids is 1. The van der Waals surface area contributed by atoms with Gasteiger partial charge in [0.1, 0.15) is 0 Å². The van der Waals surface area contributed by atoms with Gasteiger partial charge < -0.3 is 5.32 Å². The molecule has 0 saturated carbocycles. The fourth-order valence-electron chi connectivity index (χ4n) is 1.75. The number of aliphatic imine (C=N–C) groups is 1. The first-order chi connectivity index (χ1) is 8.82. The van der Waals surface area contributed by atoms with Gasteiger partial charge in [0.15, 0.2) is 11.0 Å². The van der Waals surface area contributed by atoms with Gasteiger partial charge >= 0.3 is 0 Å². The molecule has 0 unspecified atom stereocenters. The quantitative estimate of drug-likeness (QED) is 0.839. The van der Waals surface area contributed by atoms with Crippen LogP contribution in [0.15, 0.2) is 35.3 Å². The zero-order chi connectivity index (χ0) is 14.1. The minimum atomic E-state index is -0.148. The Balaban J connectivity index is 0.00000200. The molecule has 0 fully saturated rings. The molecular weight excluding hydrogens is 336 g/mol. The second-order valence-electron chi connectivity index (χ2n) is 5.80.